The van der Waals surface area contributed by atoms with Crippen molar-refractivity contribution in [1.82, 2.24) is 15.1 Å². The molecule has 156 valence electrons. The Morgan fingerprint density at radius 2 is 1.83 bits per heavy atom. The molecule has 0 aliphatic rings. The van der Waals surface area contributed by atoms with Gasteiger partial charge in [-0.3, -0.25) is 9.59 Å². The number of aliphatic carboxylic acids is 1. The number of aromatic hydroxyl groups is 1. The average molecular weight is 415 g/mol. The van der Waals surface area contributed by atoms with Gasteiger partial charge in [0.05, 0.1) is 12.5 Å². The van der Waals surface area contributed by atoms with E-state index in [1.807, 2.05) is 19.1 Å². The number of amides is 1. The molecule has 0 spiro atoms. The van der Waals surface area contributed by atoms with E-state index in [1.165, 1.54) is 0 Å². The normalized spacial score (nSPS) is 11.8. The molecule has 2 aromatic carbocycles. The highest BCUT2D eigenvalue weighted by Crippen LogP contribution is 2.23. The first-order valence-electron chi connectivity index (χ1n) is 9.14. The van der Waals surface area contributed by atoms with E-state index in [4.69, 9.17) is 0 Å². The molecule has 3 rings (SSSR count). The second kappa shape index (κ2) is 8.73. The van der Waals surface area contributed by atoms with Gasteiger partial charge in [0.25, 0.3) is 5.91 Å². The molecular formula is C21H19F2N3O4. The average Bonchev–Trinajstić information content (AvgIpc) is 3.09. The molecule has 0 aliphatic carbocycles. The summed E-state index contributed by atoms with van der Waals surface area (Å²) in [6.07, 6.45) is 0.448. The van der Waals surface area contributed by atoms with E-state index >= 15 is 0 Å². The van der Waals surface area contributed by atoms with Crippen molar-refractivity contribution in [1.29, 1.82) is 0 Å². The monoisotopic (exact) mass is 415 g/mol. The molecular weight excluding hydrogens is 396 g/mol. The molecule has 1 aromatic heterocycles. The number of rotatable bonds is 7. The van der Waals surface area contributed by atoms with Gasteiger partial charge in [-0.1, -0.05) is 31.2 Å². The highest BCUT2D eigenvalue weighted by Gasteiger charge is 2.22. The lowest BCUT2D eigenvalue weighted by Crippen LogP contribution is -2.30. The van der Waals surface area contributed by atoms with E-state index in [9.17, 15) is 28.6 Å². The van der Waals surface area contributed by atoms with Crippen LogP contribution in [0.25, 0.3) is 5.69 Å². The summed E-state index contributed by atoms with van der Waals surface area (Å²) in [6.45, 7) is 1.98. The minimum Gasteiger partial charge on any atom is -0.493 e. The Morgan fingerprint density at radius 1 is 1.13 bits per heavy atom. The predicted octanol–water partition coefficient (Wildman–Crippen LogP) is 3.36. The maximum atomic E-state index is 14.0. The van der Waals surface area contributed by atoms with Gasteiger partial charge in [-0.2, -0.15) is 9.78 Å². The maximum Gasteiger partial charge on any atom is 0.305 e. The number of nitrogens with zero attached hydrogens (tertiary/aromatic N) is 2. The van der Waals surface area contributed by atoms with Gasteiger partial charge in [0.15, 0.2) is 11.5 Å². The fraction of sp³-hybridized carbons (Fsp3) is 0.190. The molecule has 3 N–H and O–H groups in total. The largest absolute Gasteiger partial charge is 0.493 e. The number of aromatic nitrogens is 2. The lowest BCUT2D eigenvalue weighted by Gasteiger charge is -2.17. The van der Waals surface area contributed by atoms with Gasteiger partial charge < -0.3 is 15.5 Å². The predicted molar refractivity (Wildman–Crippen MR) is 103 cm³/mol. The first-order chi connectivity index (χ1) is 14.3. The van der Waals surface area contributed by atoms with Crippen LogP contribution in [0.4, 0.5) is 8.78 Å². The quantitative estimate of drug-likeness (QED) is 0.549. The van der Waals surface area contributed by atoms with Gasteiger partial charge in [-0.25, -0.2) is 8.78 Å². The van der Waals surface area contributed by atoms with Crippen LogP contribution in [-0.2, 0) is 11.2 Å². The van der Waals surface area contributed by atoms with E-state index in [0.717, 1.165) is 34.9 Å². The molecule has 0 radical (unpaired) electrons. The van der Waals surface area contributed by atoms with Crippen molar-refractivity contribution in [3.05, 3.63) is 77.0 Å². The summed E-state index contributed by atoms with van der Waals surface area (Å²) < 4.78 is 27.9. The van der Waals surface area contributed by atoms with E-state index in [2.05, 4.69) is 10.4 Å². The summed E-state index contributed by atoms with van der Waals surface area (Å²) in [6, 6.07) is 10.0. The topological polar surface area (TPSA) is 104 Å². The van der Waals surface area contributed by atoms with Crippen LogP contribution < -0.4 is 5.32 Å². The van der Waals surface area contributed by atoms with Crippen molar-refractivity contribution in [3.8, 4) is 11.6 Å². The SMILES string of the molecule is CCc1ccc(C(CC(=O)O)NC(=O)c2cc(O)n(-c3ccc(F)cc3F)n2)cc1. The van der Waals surface area contributed by atoms with Gasteiger partial charge in [0, 0.05) is 12.1 Å². The van der Waals surface area contributed by atoms with Gasteiger partial charge in [0.2, 0.25) is 5.88 Å². The number of benzene rings is 2. The zero-order chi connectivity index (χ0) is 21.8. The number of hydrogen-bond donors (Lipinski definition) is 3. The summed E-state index contributed by atoms with van der Waals surface area (Å²) in [5.74, 6) is -4.17. The first kappa shape index (κ1) is 21.0. The summed E-state index contributed by atoms with van der Waals surface area (Å²) in [5, 5.41) is 25.7. The molecule has 0 fully saturated rings. The highest BCUT2D eigenvalue weighted by atomic mass is 19.1. The van der Waals surface area contributed by atoms with Crippen LogP contribution in [-0.4, -0.2) is 31.9 Å². The third kappa shape index (κ3) is 4.62. The van der Waals surface area contributed by atoms with E-state index in [-0.39, 0.29) is 17.8 Å². The van der Waals surface area contributed by atoms with Crippen LogP contribution in [0, 0.1) is 11.6 Å². The van der Waals surface area contributed by atoms with Crippen molar-refractivity contribution < 1.29 is 28.6 Å². The summed E-state index contributed by atoms with van der Waals surface area (Å²) >= 11 is 0. The molecule has 1 amide bonds. The fourth-order valence-corrected chi connectivity index (χ4v) is 2.96. The number of hydrogen-bond acceptors (Lipinski definition) is 4. The summed E-state index contributed by atoms with van der Waals surface area (Å²) in [4.78, 5) is 23.9. The van der Waals surface area contributed by atoms with Gasteiger partial charge in [0.1, 0.15) is 11.5 Å². The standard InChI is InChI=1S/C21H19F2N3O4/c1-2-12-3-5-13(6-4-12)16(11-20(28)29)24-21(30)17-10-19(27)26(25-17)18-8-7-14(22)9-15(18)23/h3-10,16,27H,2,11H2,1H3,(H,24,30)(H,28,29). The molecule has 7 nitrogen and oxygen atoms in total. The Labute approximate surface area is 170 Å². The number of carbonyl (C=O) groups is 2. The summed E-state index contributed by atoms with van der Waals surface area (Å²) in [7, 11) is 0. The molecule has 0 bridgehead atoms. The Bertz CT molecular complexity index is 1080. The summed E-state index contributed by atoms with van der Waals surface area (Å²) in [5.41, 5.74) is 1.15. The van der Waals surface area contributed by atoms with E-state index in [0.29, 0.717) is 11.6 Å². The Balaban J connectivity index is 1.86. The number of aryl methyl sites for hydroxylation is 1. The molecule has 1 unspecified atom stereocenters. The lowest BCUT2D eigenvalue weighted by molar-refractivity contribution is -0.137. The smallest absolute Gasteiger partial charge is 0.305 e. The molecule has 0 saturated heterocycles. The Morgan fingerprint density at radius 3 is 2.43 bits per heavy atom. The third-order valence-electron chi connectivity index (χ3n) is 4.54. The van der Waals surface area contributed by atoms with Crippen LogP contribution in [0.1, 0.15) is 41.0 Å². The minimum absolute atomic E-state index is 0.245. The van der Waals surface area contributed by atoms with Crippen LogP contribution >= 0.6 is 0 Å². The van der Waals surface area contributed by atoms with Crippen LogP contribution in [0.5, 0.6) is 5.88 Å². The van der Waals surface area contributed by atoms with Crippen LogP contribution in [0.3, 0.4) is 0 Å². The number of carboxylic acid groups (broad SMARTS) is 1. The van der Waals surface area contributed by atoms with Crippen molar-refractivity contribution in [3.63, 3.8) is 0 Å². The van der Waals surface area contributed by atoms with Crippen LogP contribution in [0.15, 0.2) is 48.5 Å². The maximum absolute atomic E-state index is 14.0. The van der Waals surface area contributed by atoms with Crippen molar-refractivity contribution in [2.45, 2.75) is 25.8 Å². The van der Waals surface area contributed by atoms with Crippen LogP contribution in [0.2, 0.25) is 0 Å². The molecule has 0 aliphatic heterocycles. The van der Waals surface area contributed by atoms with E-state index < -0.39 is 35.4 Å². The number of carboxylic acids is 1. The van der Waals surface area contributed by atoms with Gasteiger partial charge in [-0.15, -0.1) is 0 Å². The van der Waals surface area contributed by atoms with Crippen molar-refractivity contribution in [2.24, 2.45) is 0 Å². The molecule has 9 heteroatoms. The zero-order valence-electron chi connectivity index (χ0n) is 16.0. The third-order valence-corrected chi connectivity index (χ3v) is 4.54. The molecule has 1 heterocycles. The highest BCUT2D eigenvalue weighted by molar-refractivity contribution is 5.93. The Kier molecular flexibility index (Phi) is 6.10. The van der Waals surface area contributed by atoms with Crippen molar-refractivity contribution >= 4 is 11.9 Å². The van der Waals surface area contributed by atoms with Crippen molar-refractivity contribution in [2.75, 3.05) is 0 Å². The molecule has 30 heavy (non-hydrogen) atoms. The molecule has 0 saturated carbocycles. The Hall–Kier alpha value is -3.75. The first-order valence-corrected chi connectivity index (χ1v) is 9.14. The molecule has 1 atom stereocenters. The second-order valence-corrected chi connectivity index (χ2v) is 6.61. The van der Waals surface area contributed by atoms with E-state index in [1.54, 1.807) is 12.1 Å². The lowest BCUT2D eigenvalue weighted by atomic mass is 10.0. The fourth-order valence-electron chi connectivity index (χ4n) is 2.96. The second-order valence-electron chi connectivity index (χ2n) is 6.61. The van der Waals surface area contributed by atoms with Gasteiger partial charge >= 0.3 is 5.97 Å². The number of halogens is 2. The minimum atomic E-state index is -1.11. The number of carbonyl (C=O) groups excluding carboxylic acids is 1. The molecule has 3 aromatic rings. The van der Waals surface area contributed by atoms with Gasteiger partial charge in [-0.05, 0) is 29.7 Å². The zero-order valence-corrected chi connectivity index (χ0v) is 16.0. The number of nitrogens with one attached hydrogen (secondary N) is 1.